The summed E-state index contributed by atoms with van der Waals surface area (Å²) in [5.74, 6) is 0.268. The van der Waals surface area contributed by atoms with Crippen LogP contribution < -0.4 is 5.32 Å². The highest BCUT2D eigenvalue weighted by Gasteiger charge is 2.00. The van der Waals surface area contributed by atoms with Gasteiger partial charge in [-0.15, -0.1) is 0 Å². The zero-order valence-corrected chi connectivity index (χ0v) is 11.1. The Morgan fingerprint density at radius 3 is 2.76 bits per heavy atom. The van der Waals surface area contributed by atoms with Crippen molar-refractivity contribution in [2.45, 2.75) is 20.3 Å². The van der Waals surface area contributed by atoms with Gasteiger partial charge < -0.3 is 10.1 Å². The third-order valence-corrected chi connectivity index (χ3v) is 2.62. The van der Waals surface area contributed by atoms with Crippen molar-refractivity contribution >= 4 is 17.3 Å². The fourth-order valence-electron chi connectivity index (χ4n) is 1.29. The van der Waals surface area contributed by atoms with E-state index in [2.05, 4.69) is 19.2 Å². The molecular formula is C13H19ClFNO. The van der Waals surface area contributed by atoms with Crippen molar-refractivity contribution in [2.75, 3.05) is 25.1 Å². The molecule has 0 unspecified atom stereocenters. The molecule has 0 heterocycles. The molecule has 0 saturated carbocycles. The number of nitrogens with one attached hydrogen (secondary N) is 1. The summed E-state index contributed by atoms with van der Waals surface area (Å²) < 4.78 is 18.3. The first-order valence-electron chi connectivity index (χ1n) is 5.86. The molecule has 0 amide bonds. The minimum Gasteiger partial charge on any atom is -0.383 e. The van der Waals surface area contributed by atoms with E-state index in [-0.39, 0.29) is 5.02 Å². The topological polar surface area (TPSA) is 21.3 Å². The van der Waals surface area contributed by atoms with Gasteiger partial charge in [0.15, 0.2) is 0 Å². The zero-order chi connectivity index (χ0) is 12.7. The van der Waals surface area contributed by atoms with Crippen LogP contribution in [0.4, 0.5) is 10.1 Å². The Morgan fingerprint density at radius 2 is 2.12 bits per heavy atom. The minimum absolute atomic E-state index is 0.135. The molecule has 0 fully saturated rings. The monoisotopic (exact) mass is 259 g/mol. The average molecular weight is 260 g/mol. The average Bonchev–Trinajstić information content (AvgIpc) is 2.27. The van der Waals surface area contributed by atoms with Crippen molar-refractivity contribution < 1.29 is 9.13 Å². The summed E-state index contributed by atoms with van der Waals surface area (Å²) in [7, 11) is 0. The second-order valence-electron chi connectivity index (χ2n) is 4.35. The summed E-state index contributed by atoms with van der Waals surface area (Å²) >= 11 is 5.66. The maximum atomic E-state index is 12.9. The van der Waals surface area contributed by atoms with Gasteiger partial charge in [0, 0.05) is 18.8 Å². The zero-order valence-electron chi connectivity index (χ0n) is 10.3. The molecule has 1 aromatic rings. The molecule has 0 spiro atoms. The normalized spacial score (nSPS) is 10.9. The SMILES string of the molecule is CC(C)CCOCCNc1ccc(F)c(Cl)c1. The van der Waals surface area contributed by atoms with Gasteiger partial charge in [0.1, 0.15) is 5.82 Å². The van der Waals surface area contributed by atoms with Crippen molar-refractivity contribution in [2.24, 2.45) is 5.92 Å². The maximum absolute atomic E-state index is 12.9. The molecule has 0 aromatic heterocycles. The van der Waals surface area contributed by atoms with Crippen LogP contribution in [-0.2, 0) is 4.74 Å². The van der Waals surface area contributed by atoms with Crippen molar-refractivity contribution in [1.82, 2.24) is 0 Å². The van der Waals surface area contributed by atoms with Crippen molar-refractivity contribution in [3.05, 3.63) is 29.0 Å². The fraction of sp³-hybridized carbons (Fsp3) is 0.538. The number of benzene rings is 1. The number of halogens is 2. The van der Waals surface area contributed by atoms with E-state index in [0.29, 0.717) is 19.1 Å². The van der Waals surface area contributed by atoms with E-state index in [4.69, 9.17) is 16.3 Å². The van der Waals surface area contributed by atoms with E-state index in [1.54, 1.807) is 12.1 Å². The van der Waals surface area contributed by atoms with Crippen LogP contribution in [0.2, 0.25) is 5.02 Å². The van der Waals surface area contributed by atoms with Crippen LogP contribution in [0.1, 0.15) is 20.3 Å². The molecule has 17 heavy (non-hydrogen) atoms. The van der Waals surface area contributed by atoms with Crippen LogP contribution in [0.15, 0.2) is 18.2 Å². The van der Waals surface area contributed by atoms with Gasteiger partial charge in [0.05, 0.1) is 11.6 Å². The van der Waals surface area contributed by atoms with Gasteiger partial charge >= 0.3 is 0 Å². The Morgan fingerprint density at radius 1 is 1.35 bits per heavy atom. The number of hydrogen-bond acceptors (Lipinski definition) is 2. The van der Waals surface area contributed by atoms with E-state index in [9.17, 15) is 4.39 Å². The summed E-state index contributed by atoms with van der Waals surface area (Å²) in [6, 6.07) is 4.59. The lowest BCUT2D eigenvalue weighted by Crippen LogP contribution is -2.10. The predicted molar refractivity (Wildman–Crippen MR) is 70.2 cm³/mol. The molecular weight excluding hydrogens is 241 g/mol. The Labute approximate surface area is 107 Å². The first kappa shape index (κ1) is 14.3. The number of anilines is 1. The van der Waals surface area contributed by atoms with Crippen molar-refractivity contribution in [3.8, 4) is 0 Å². The Hall–Kier alpha value is -0.800. The van der Waals surface area contributed by atoms with E-state index in [1.807, 2.05) is 0 Å². The summed E-state index contributed by atoms with van der Waals surface area (Å²) in [4.78, 5) is 0. The van der Waals surface area contributed by atoms with Crippen LogP contribution in [0, 0.1) is 11.7 Å². The molecule has 0 atom stereocenters. The Kier molecular flexibility index (Phi) is 6.30. The molecule has 96 valence electrons. The van der Waals surface area contributed by atoms with Gasteiger partial charge in [-0.25, -0.2) is 4.39 Å². The standard InChI is InChI=1S/C13H19ClFNO/c1-10(2)5-7-17-8-6-16-11-3-4-13(15)12(14)9-11/h3-4,9-10,16H,5-8H2,1-2H3. The quantitative estimate of drug-likeness (QED) is 0.749. The second kappa shape index (κ2) is 7.51. The minimum atomic E-state index is -0.398. The fourth-order valence-corrected chi connectivity index (χ4v) is 1.48. The van der Waals surface area contributed by atoms with Crippen LogP contribution >= 0.6 is 11.6 Å². The molecule has 2 nitrogen and oxygen atoms in total. The lowest BCUT2D eigenvalue weighted by atomic mass is 10.1. The van der Waals surface area contributed by atoms with Gasteiger partial charge in [-0.2, -0.15) is 0 Å². The first-order valence-corrected chi connectivity index (χ1v) is 6.24. The highest BCUT2D eigenvalue weighted by atomic mass is 35.5. The molecule has 0 saturated heterocycles. The molecule has 0 aliphatic heterocycles. The maximum Gasteiger partial charge on any atom is 0.141 e. The van der Waals surface area contributed by atoms with Crippen LogP contribution in [0.3, 0.4) is 0 Å². The van der Waals surface area contributed by atoms with E-state index in [0.717, 1.165) is 18.7 Å². The molecule has 0 aliphatic carbocycles. The van der Waals surface area contributed by atoms with E-state index < -0.39 is 5.82 Å². The number of rotatable bonds is 7. The first-order chi connectivity index (χ1) is 8.09. The molecule has 4 heteroatoms. The Bertz CT molecular complexity index is 344. The van der Waals surface area contributed by atoms with Gasteiger partial charge in [0.25, 0.3) is 0 Å². The Balaban J connectivity index is 2.16. The van der Waals surface area contributed by atoms with Gasteiger partial charge in [-0.05, 0) is 30.5 Å². The summed E-state index contributed by atoms with van der Waals surface area (Å²) in [6.45, 7) is 6.45. The summed E-state index contributed by atoms with van der Waals surface area (Å²) in [5.41, 5.74) is 0.809. The van der Waals surface area contributed by atoms with Crippen LogP contribution in [0.25, 0.3) is 0 Å². The molecule has 1 N–H and O–H groups in total. The van der Waals surface area contributed by atoms with E-state index >= 15 is 0 Å². The van der Waals surface area contributed by atoms with Crippen molar-refractivity contribution in [1.29, 1.82) is 0 Å². The van der Waals surface area contributed by atoms with Gasteiger partial charge in [-0.1, -0.05) is 25.4 Å². The second-order valence-corrected chi connectivity index (χ2v) is 4.76. The van der Waals surface area contributed by atoms with E-state index in [1.165, 1.54) is 6.07 Å². The highest BCUT2D eigenvalue weighted by molar-refractivity contribution is 6.31. The lowest BCUT2D eigenvalue weighted by molar-refractivity contribution is 0.132. The molecule has 0 bridgehead atoms. The van der Waals surface area contributed by atoms with Crippen LogP contribution in [0.5, 0.6) is 0 Å². The summed E-state index contributed by atoms with van der Waals surface area (Å²) in [5, 5.41) is 3.26. The van der Waals surface area contributed by atoms with Crippen LogP contribution in [-0.4, -0.2) is 19.8 Å². The molecule has 1 aromatic carbocycles. The third kappa shape index (κ3) is 5.89. The smallest absolute Gasteiger partial charge is 0.141 e. The third-order valence-electron chi connectivity index (χ3n) is 2.33. The predicted octanol–water partition coefficient (Wildman–Crippen LogP) is 3.95. The molecule has 0 aliphatic rings. The number of hydrogen-bond donors (Lipinski definition) is 1. The van der Waals surface area contributed by atoms with Gasteiger partial charge in [-0.3, -0.25) is 0 Å². The molecule has 1 rings (SSSR count). The number of ether oxygens (including phenoxy) is 1. The lowest BCUT2D eigenvalue weighted by Gasteiger charge is -2.09. The summed E-state index contributed by atoms with van der Waals surface area (Å²) in [6.07, 6.45) is 1.07. The largest absolute Gasteiger partial charge is 0.383 e. The van der Waals surface area contributed by atoms with Crippen molar-refractivity contribution in [3.63, 3.8) is 0 Å². The molecule has 0 radical (unpaired) electrons. The highest BCUT2D eigenvalue weighted by Crippen LogP contribution is 2.18. The van der Waals surface area contributed by atoms with Gasteiger partial charge in [0.2, 0.25) is 0 Å².